The minimum atomic E-state index is 0.872. The molecule has 0 unspecified atom stereocenters. The molecule has 60 heavy (non-hydrogen) atoms. The van der Waals surface area contributed by atoms with Crippen molar-refractivity contribution < 1.29 is 4.42 Å². The Hall–Kier alpha value is -7.24. The smallest absolute Gasteiger partial charge is 0.137 e. The highest BCUT2D eigenvalue weighted by molar-refractivity contribution is 7.30. The standard InChI is InChI=1S/C56H33NOS2/c1-2-13-41-35(10-1)22-23-36-24-25-37(33-47(36)41)34-26-28-39(29-27-34)57(48-18-9-20-50-53(48)45-14-3-5-19-49(45)58-50)40-12-7-11-38(32-40)42-16-8-17-43-44-30-31-52-54(56(44)60-55(42)43)46-15-4-6-21-51(46)59-52/h1-33H. The van der Waals surface area contributed by atoms with Crippen LogP contribution in [-0.4, -0.2) is 0 Å². The molecule has 0 atom stereocenters. The number of thiophene rings is 2. The normalized spacial score (nSPS) is 12.0. The van der Waals surface area contributed by atoms with Crippen molar-refractivity contribution in [2.24, 2.45) is 0 Å². The molecule has 0 aliphatic heterocycles. The zero-order valence-corrected chi connectivity index (χ0v) is 33.9. The van der Waals surface area contributed by atoms with Gasteiger partial charge in [0.1, 0.15) is 11.2 Å². The molecule has 3 heterocycles. The van der Waals surface area contributed by atoms with Gasteiger partial charge in [-0.2, -0.15) is 0 Å². The molecular weight excluding hydrogens is 767 g/mol. The summed E-state index contributed by atoms with van der Waals surface area (Å²) in [6.07, 6.45) is 0. The van der Waals surface area contributed by atoms with Crippen molar-refractivity contribution in [3.63, 3.8) is 0 Å². The second-order valence-electron chi connectivity index (χ2n) is 15.6. The lowest BCUT2D eigenvalue weighted by atomic mass is 9.97. The van der Waals surface area contributed by atoms with Gasteiger partial charge in [-0.15, -0.1) is 22.7 Å². The maximum atomic E-state index is 6.45. The fraction of sp³-hybridized carbons (Fsp3) is 0. The summed E-state index contributed by atoms with van der Waals surface area (Å²) in [5, 5.41) is 12.6. The molecule has 0 amide bonds. The van der Waals surface area contributed by atoms with Gasteiger partial charge in [0.05, 0.1) is 11.1 Å². The second kappa shape index (κ2) is 13.1. The predicted octanol–water partition coefficient (Wildman–Crippen LogP) is 17.4. The molecule has 0 spiro atoms. The first kappa shape index (κ1) is 33.7. The topological polar surface area (TPSA) is 16.4 Å². The Morgan fingerprint density at radius 1 is 0.350 bits per heavy atom. The molecular formula is C56H33NOS2. The van der Waals surface area contributed by atoms with Crippen LogP contribution < -0.4 is 4.90 Å². The van der Waals surface area contributed by atoms with Gasteiger partial charge in [0.2, 0.25) is 0 Å². The number of rotatable bonds is 5. The van der Waals surface area contributed by atoms with Crippen molar-refractivity contribution in [1.82, 2.24) is 0 Å². The largest absolute Gasteiger partial charge is 0.456 e. The third-order valence-corrected chi connectivity index (χ3v) is 14.7. The molecule has 0 bridgehead atoms. The second-order valence-corrected chi connectivity index (χ2v) is 17.7. The van der Waals surface area contributed by atoms with E-state index in [1.165, 1.54) is 84.1 Å². The summed E-state index contributed by atoms with van der Waals surface area (Å²) in [5.41, 5.74) is 9.80. The molecule has 4 heteroatoms. The highest BCUT2D eigenvalue weighted by atomic mass is 32.1. The molecule has 0 saturated heterocycles. The monoisotopic (exact) mass is 799 g/mol. The van der Waals surface area contributed by atoms with Crippen LogP contribution in [0.2, 0.25) is 0 Å². The summed E-state index contributed by atoms with van der Waals surface area (Å²) in [6, 6.07) is 73.1. The average molecular weight is 800 g/mol. The van der Waals surface area contributed by atoms with Crippen molar-refractivity contribution in [3.8, 4) is 22.3 Å². The molecule has 3 aromatic heterocycles. The lowest BCUT2D eigenvalue weighted by molar-refractivity contribution is 0.669. The zero-order chi connectivity index (χ0) is 39.3. The number of fused-ring (bicyclic) bond motifs is 13. The first-order chi connectivity index (χ1) is 29.7. The molecule has 0 N–H and O–H groups in total. The van der Waals surface area contributed by atoms with Crippen LogP contribution >= 0.6 is 22.7 Å². The number of anilines is 3. The molecule has 10 aromatic carbocycles. The lowest BCUT2D eigenvalue weighted by Crippen LogP contribution is -2.10. The van der Waals surface area contributed by atoms with Crippen LogP contribution in [0, 0.1) is 0 Å². The van der Waals surface area contributed by atoms with Crippen LogP contribution in [-0.2, 0) is 0 Å². The Balaban J connectivity index is 0.985. The van der Waals surface area contributed by atoms with Crippen LogP contribution in [0.4, 0.5) is 17.1 Å². The summed E-state index contributed by atoms with van der Waals surface area (Å²) in [4.78, 5) is 2.40. The van der Waals surface area contributed by atoms with E-state index in [4.69, 9.17) is 4.42 Å². The highest BCUT2D eigenvalue weighted by Gasteiger charge is 2.21. The first-order valence-electron chi connectivity index (χ1n) is 20.3. The van der Waals surface area contributed by atoms with Gasteiger partial charge < -0.3 is 9.32 Å². The van der Waals surface area contributed by atoms with Crippen molar-refractivity contribution in [3.05, 3.63) is 200 Å². The summed E-state index contributed by atoms with van der Waals surface area (Å²) < 4.78 is 11.8. The van der Waals surface area contributed by atoms with Gasteiger partial charge in [0.15, 0.2) is 0 Å². The fourth-order valence-electron chi connectivity index (χ4n) is 9.46. The Labute approximate surface area is 353 Å². The number of benzene rings is 10. The van der Waals surface area contributed by atoms with Crippen LogP contribution in [0.5, 0.6) is 0 Å². The number of hydrogen-bond donors (Lipinski definition) is 0. The Morgan fingerprint density at radius 3 is 1.97 bits per heavy atom. The zero-order valence-electron chi connectivity index (χ0n) is 32.2. The molecule has 280 valence electrons. The van der Waals surface area contributed by atoms with Gasteiger partial charge >= 0.3 is 0 Å². The van der Waals surface area contributed by atoms with Crippen molar-refractivity contribution in [2.45, 2.75) is 0 Å². The highest BCUT2D eigenvalue weighted by Crippen LogP contribution is 2.48. The van der Waals surface area contributed by atoms with Crippen molar-refractivity contribution in [1.29, 1.82) is 0 Å². The number of nitrogens with zero attached hydrogens (tertiary/aromatic N) is 1. The quantitative estimate of drug-likeness (QED) is 0.161. The predicted molar refractivity (Wildman–Crippen MR) is 260 cm³/mol. The van der Waals surface area contributed by atoms with E-state index < -0.39 is 0 Å². The first-order valence-corrected chi connectivity index (χ1v) is 22.0. The molecule has 0 radical (unpaired) electrons. The van der Waals surface area contributed by atoms with E-state index in [2.05, 4.69) is 199 Å². The van der Waals surface area contributed by atoms with E-state index in [0.29, 0.717) is 0 Å². The number of furan rings is 1. The minimum Gasteiger partial charge on any atom is -0.456 e. The molecule has 13 aromatic rings. The van der Waals surface area contributed by atoms with E-state index in [1.54, 1.807) is 0 Å². The molecule has 0 saturated carbocycles. The van der Waals surface area contributed by atoms with Crippen LogP contribution in [0.15, 0.2) is 205 Å². The third kappa shape index (κ3) is 5.11. The van der Waals surface area contributed by atoms with Gasteiger partial charge in [-0.1, -0.05) is 140 Å². The minimum absolute atomic E-state index is 0.872. The summed E-state index contributed by atoms with van der Waals surface area (Å²) in [5.74, 6) is 0. The summed E-state index contributed by atoms with van der Waals surface area (Å²) >= 11 is 3.81. The van der Waals surface area contributed by atoms with E-state index in [1.807, 2.05) is 28.7 Å². The van der Waals surface area contributed by atoms with E-state index in [-0.39, 0.29) is 0 Å². The van der Waals surface area contributed by atoms with E-state index in [9.17, 15) is 0 Å². The van der Waals surface area contributed by atoms with Crippen LogP contribution in [0.1, 0.15) is 0 Å². The SMILES string of the molecule is c1cc(-c2cccc3c2sc2c3ccc3sc4ccccc4c32)cc(N(c2ccc(-c3ccc4ccc5ccccc5c4c3)cc2)c2cccc3oc4ccccc4c23)c1. The van der Waals surface area contributed by atoms with Crippen molar-refractivity contribution >= 4 is 124 Å². The Kier molecular flexibility index (Phi) is 7.38. The van der Waals surface area contributed by atoms with Gasteiger partial charge in [-0.3, -0.25) is 0 Å². The Morgan fingerprint density at radius 2 is 1.05 bits per heavy atom. The fourth-order valence-corrected chi connectivity index (χ4v) is 12.0. The Bertz CT molecular complexity index is 3850. The van der Waals surface area contributed by atoms with Crippen LogP contribution in [0.3, 0.4) is 0 Å². The molecule has 0 aliphatic rings. The molecule has 0 fully saturated rings. The van der Waals surface area contributed by atoms with Gasteiger partial charge in [-0.25, -0.2) is 0 Å². The number of hydrogen-bond acceptors (Lipinski definition) is 4. The maximum absolute atomic E-state index is 6.45. The van der Waals surface area contributed by atoms with Crippen LogP contribution in [0.25, 0.3) is 106 Å². The molecule has 2 nitrogen and oxygen atoms in total. The summed E-state index contributed by atoms with van der Waals surface area (Å²) in [7, 11) is 0. The molecule has 0 aliphatic carbocycles. The van der Waals surface area contributed by atoms with Gasteiger partial charge in [0, 0.05) is 57.1 Å². The third-order valence-electron chi connectivity index (χ3n) is 12.2. The van der Waals surface area contributed by atoms with Crippen molar-refractivity contribution in [2.75, 3.05) is 4.90 Å². The molecule has 13 rings (SSSR count). The average Bonchev–Trinajstić information content (AvgIpc) is 4.01. The van der Waals surface area contributed by atoms with Gasteiger partial charge in [0.25, 0.3) is 0 Å². The number of para-hydroxylation sites is 1. The summed E-state index contributed by atoms with van der Waals surface area (Å²) in [6.45, 7) is 0. The lowest BCUT2D eigenvalue weighted by Gasteiger charge is -2.27. The van der Waals surface area contributed by atoms with E-state index >= 15 is 0 Å². The van der Waals surface area contributed by atoms with Gasteiger partial charge in [-0.05, 0) is 104 Å². The van der Waals surface area contributed by atoms with E-state index in [0.717, 1.165) is 39.0 Å². The maximum Gasteiger partial charge on any atom is 0.137 e.